The molecule has 2 atom stereocenters. The van der Waals surface area contributed by atoms with Crippen LogP contribution in [-0.2, 0) is 8.85 Å². The maximum absolute atomic E-state index is 12.9. The summed E-state index contributed by atoms with van der Waals surface area (Å²) in [4.78, 5) is 0. The quantitative estimate of drug-likeness (QED) is 0.494. The summed E-state index contributed by atoms with van der Waals surface area (Å²) in [6, 6.07) is 0. The van der Waals surface area contributed by atoms with E-state index in [0.717, 1.165) is 6.08 Å². The lowest BCUT2D eigenvalue weighted by Gasteiger charge is -2.22. The fourth-order valence-electron chi connectivity index (χ4n) is 0.970. The Kier molecular flexibility index (Phi) is 6.01. The first kappa shape index (κ1) is 12.7. The zero-order chi connectivity index (χ0) is 10.4. The fourth-order valence-corrected chi connectivity index (χ4v) is 2.48. The van der Waals surface area contributed by atoms with Crippen LogP contribution in [-0.4, -0.2) is 36.1 Å². The van der Waals surface area contributed by atoms with Crippen LogP contribution in [0.15, 0.2) is 12.7 Å². The second-order valence-corrected chi connectivity index (χ2v) is 4.88. The molecule has 0 aliphatic rings. The molecule has 0 saturated carbocycles. The number of hydrogen-bond acceptors (Lipinski definition) is 2. The zero-order valence-corrected chi connectivity index (χ0v) is 8.70. The van der Waals surface area contributed by atoms with Crippen molar-refractivity contribution in [1.29, 1.82) is 0 Å². The predicted molar refractivity (Wildman–Crippen MR) is 46.0 cm³/mol. The molecular weight excluding hydrogens is 201 g/mol. The van der Waals surface area contributed by atoms with E-state index in [2.05, 4.69) is 6.58 Å². The van der Waals surface area contributed by atoms with Gasteiger partial charge in [-0.25, -0.2) is 13.2 Å². The highest BCUT2D eigenvalue weighted by atomic mass is 28.3. The van der Waals surface area contributed by atoms with E-state index in [9.17, 15) is 13.2 Å². The van der Waals surface area contributed by atoms with Gasteiger partial charge in [-0.05, 0) is 0 Å². The highest BCUT2D eigenvalue weighted by molar-refractivity contribution is 6.47. The molecule has 0 rings (SSSR count). The summed E-state index contributed by atoms with van der Waals surface area (Å²) in [7, 11) is 0.235. The van der Waals surface area contributed by atoms with Gasteiger partial charge in [-0.2, -0.15) is 0 Å². The van der Waals surface area contributed by atoms with Crippen molar-refractivity contribution < 1.29 is 22.0 Å². The molecule has 0 fully saturated rings. The van der Waals surface area contributed by atoms with E-state index in [0.29, 0.717) is 0 Å². The van der Waals surface area contributed by atoms with E-state index in [1.165, 1.54) is 14.2 Å². The molecule has 0 radical (unpaired) electrons. The van der Waals surface area contributed by atoms with Gasteiger partial charge in [0.25, 0.3) is 6.43 Å². The van der Waals surface area contributed by atoms with E-state index in [1.54, 1.807) is 0 Å². The Morgan fingerprint density at radius 2 is 1.69 bits per heavy atom. The van der Waals surface area contributed by atoms with Gasteiger partial charge in [-0.3, -0.25) is 0 Å². The average Bonchev–Trinajstić information content (AvgIpc) is 2.12. The number of halogens is 3. The minimum atomic E-state index is -3.02. The topological polar surface area (TPSA) is 18.5 Å². The second kappa shape index (κ2) is 6.17. The number of rotatable bonds is 6. The smallest absolute Gasteiger partial charge is 0.331 e. The van der Waals surface area contributed by atoms with Gasteiger partial charge >= 0.3 is 9.28 Å². The molecule has 0 heterocycles. The average molecular weight is 214 g/mol. The van der Waals surface area contributed by atoms with Gasteiger partial charge in [0.1, 0.15) is 0 Å². The van der Waals surface area contributed by atoms with Gasteiger partial charge in [-0.1, -0.05) is 6.08 Å². The molecule has 0 aliphatic heterocycles. The summed E-state index contributed by atoms with van der Waals surface area (Å²) < 4.78 is 46.4. The number of allylic oxidation sites excluding steroid dienone is 1. The van der Waals surface area contributed by atoms with Crippen molar-refractivity contribution in [2.45, 2.75) is 18.1 Å². The minimum absolute atomic E-state index is 1.02. The molecular formula is C7H13F3O2Si. The van der Waals surface area contributed by atoms with Crippen LogP contribution in [0, 0.1) is 0 Å². The highest BCUT2D eigenvalue weighted by Crippen LogP contribution is 2.25. The Morgan fingerprint density at radius 1 is 1.23 bits per heavy atom. The Bertz CT molecular complexity index is 151. The standard InChI is InChI=1S/C7H13F3O2Si/c1-4-5(6(8)7(9)10)13(11-2)12-3/h4-7,13H,1H2,2-3H3. The van der Waals surface area contributed by atoms with Gasteiger partial charge < -0.3 is 8.85 Å². The lowest BCUT2D eigenvalue weighted by Crippen LogP contribution is -2.34. The van der Waals surface area contributed by atoms with E-state index in [4.69, 9.17) is 8.85 Å². The van der Waals surface area contributed by atoms with Crippen molar-refractivity contribution >= 4 is 9.28 Å². The van der Waals surface area contributed by atoms with Crippen LogP contribution >= 0.6 is 0 Å². The van der Waals surface area contributed by atoms with Crippen molar-refractivity contribution in [2.24, 2.45) is 0 Å². The summed E-state index contributed by atoms with van der Waals surface area (Å²) in [6.07, 6.45) is -4.15. The first-order chi connectivity index (χ1) is 6.08. The Balaban J connectivity index is 4.37. The van der Waals surface area contributed by atoms with Crippen LogP contribution in [0.4, 0.5) is 13.2 Å². The molecule has 13 heavy (non-hydrogen) atoms. The van der Waals surface area contributed by atoms with Crippen LogP contribution < -0.4 is 0 Å². The molecule has 0 spiro atoms. The summed E-state index contributed by atoms with van der Waals surface area (Å²) in [5, 5.41) is 0. The molecule has 2 unspecified atom stereocenters. The van der Waals surface area contributed by atoms with E-state index in [1.807, 2.05) is 0 Å². The summed E-state index contributed by atoms with van der Waals surface area (Å²) in [6.45, 7) is 3.28. The number of hydrogen-bond donors (Lipinski definition) is 0. The molecule has 6 heteroatoms. The van der Waals surface area contributed by atoms with Crippen molar-refractivity contribution in [1.82, 2.24) is 0 Å². The first-order valence-corrected chi connectivity index (χ1v) is 5.29. The molecule has 2 nitrogen and oxygen atoms in total. The summed E-state index contributed by atoms with van der Waals surface area (Å²) in [5.41, 5.74) is -1.02. The van der Waals surface area contributed by atoms with Gasteiger partial charge in [0, 0.05) is 14.2 Å². The second-order valence-electron chi connectivity index (χ2n) is 2.43. The molecule has 78 valence electrons. The molecule has 0 amide bonds. The van der Waals surface area contributed by atoms with E-state index >= 15 is 0 Å². The molecule has 0 aromatic heterocycles. The maximum Gasteiger partial charge on any atom is 0.331 e. The fraction of sp³-hybridized carbons (Fsp3) is 0.714. The molecule has 0 aromatic carbocycles. The van der Waals surface area contributed by atoms with Gasteiger partial charge in [0.15, 0.2) is 6.17 Å². The van der Waals surface area contributed by atoms with Crippen LogP contribution in [0.1, 0.15) is 0 Å². The SMILES string of the molecule is C=CC(C(F)C(F)F)[SiH](OC)OC. The summed E-state index contributed by atoms with van der Waals surface area (Å²) in [5.74, 6) is 0. The normalized spacial score (nSPS) is 16.2. The highest BCUT2D eigenvalue weighted by Gasteiger charge is 2.35. The van der Waals surface area contributed by atoms with Gasteiger partial charge in [0.05, 0.1) is 5.54 Å². The van der Waals surface area contributed by atoms with Crippen LogP contribution in [0.25, 0.3) is 0 Å². The third-order valence-corrected chi connectivity index (χ3v) is 3.86. The van der Waals surface area contributed by atoms with E-state index < -0.39 is 27.4 Å². The van der Waals surface area contributed by atoms with Crippen molar-refractivity contribution in [3.05, 3.63) is 12.7 Å². The summed E-state index contributed by atoms with van der Waals surface area (Å²) >= 11 is 0. The predicted octanol–water partition coefficient (Wildman–Crippen LogP) is 1.66. The molecule has 0 saturated heterocycles. The Morgan fingerprint density at radius 3 is 1.92 bits per heavy atom. The van der Waals surface area contributed by atoms with Crippen molar-refractivity contribution in [2.75, 3.05) is 14.2 Å². The Hall–Kier alpha value is -0.333. The maximum atomic E-state index is 12.9. The molecule has 0 aromatic rings. The van der Waals surface area contributed by atoms with Gasteiger partial charge in [-0.15, -0.1) is 6.58 Å². The third-order valence-electron chi connectivity index (χ3n) is 1.66. The molecule has 0 N–H and O–H groups in total. The van der Waals surface area contributed by atoms with Crippen LogP contribution in [0.5, 0.6) is 0 Å². The van der Waals surface area contributed by atoms with E-state index in [-0.39, 0.29) is 0 Å². The molecule has 0 bridgehead atoms. The van der Waals surface area contributed by atoms with Crippen molar-refractivity contribution in [3.63, 3.8) is 0 Å². The third kappa shape index (κ3) is 3.49. The minimum Gasteiger partial charge on any atom is -0.400 e. The Labute approximate surface area is 77.2 Å². The van der Waals surface area contributed by atoms with Crippen LogP contribution in [0.2, 0.25) is 5.54 Å². The molecule has 0 aliphatic carbocycles. The van der Waals surface area contributed by atoms with Gasteiger partial charge in [0.2, 0.25) is 0 Å². The zero-order valence-electron chi connectivity index (χ0n) is 7.54. The first-order valence-electron chi connectivity index (χ1n) is 3.68. The van der Waals surface area contributed by atoms with Crippen molar-refractivity contribution in [3.8, 4) is 0 Å². The lowest BCUT2D eigenvalue weighted by atomic mass is 10.3. The lowest BCUT2D eigenvalue weighted by molar-refractivity contribution is 0.0454. The largest absolute Gasteiger partial charge is 0.400 e. The number of alkyl halides is 3. The van der Waals surface area contributed by atoms with Crippen LogP contribution in [0.3, 0.4) is 0 Å². The monoisotopic (exact) mass is 214 g/mol.